The molecule has 0 aliphatic carbocycles. The van der Waals surface area contributed by atoms with E-state index in [9.17, 15) is 9.59 Å². The molecular formula is C21H23ClN2O2. The molecule has 2 aromatic rings. The zero-order valence-corrected chi connectivity index (χ0v) is 15.6. The summed E-state index contributed by atoms with van der Waals surface area (Å²) in [4.78, 5) is 26.5. The predicted octanol–water partition coefficient (Wildman–Crippen LogP) is 4.39. The monoisotopic (exact) mass is 370 g/mol. The first-order valence-corrected chi connectivity index (χ1v) is 9.28. The Morgan fingerprint density at radius 3 is 2.69 bits per heavy atom. The van der Waals surface area contributed by atoms with Gasteiger partial charge in [-0.05, 0) is 56.1 Å². The van der Waals surface area contributed by atoms with E-state index < -0.39 is 0 Å². The molecule has 3 rings (SSSR count). The maximum absolute atomic E-state index is 12.7. The molecule has 0 saturated carbocycles. The van der Waals surface area contributed by atoms with Crippen LogP contribution < -0.4 is 5.32 Å². The summed E-state index contributed by atoms with van der Waals surface area (Å²) < 4.78 is 0. The molecule has 1 saturated heterocycles. The normalized spacial score (nSPS) is 17.7. The lowest BCUT2D eigenvalue weighted by molar-refractivity contribution is -0.121. The van der Waals surface area contributed by atoms with Crippen LogP contribution in [-0.4, -0.2) is 29.7 Å². The second kappa shape index (κ2) is 8.47. The summed E-state index contributed by atoms with van der Waals surface area (Å²) in [6, 6.07) is 14.9. The third-order valence-electron chi connectivity index (χ3n) is 4.73. The molecule has 0 unspecified atom stereocenters. The molecule has 0 spiro atoms. The van der Waals surface area contributed by atoms with Gasteiger partial charge in [-0.3, -0.25) is 14.5 Å². The summed E-state index contributed by atoms with van der Waals surface area (Å²) in [6.45, 7) is 4.07. The molecule has 1 fully saturated rings. The van der Waals surface area contributed by atoms with Crippen LogP contribution in [0.4, 0.5) is 5.69 Å². The summed E-state index contributed by atoms with van der Waals surface area (Å²) in [5, 5.41) is 3.70. The molecule has 0 radical (unpaired) electrons. The molecule has 5 heteroatoms. The molecule has 1 N–H and O–H groups in total. The molecule has 1 aliphatic heterocycles. The zero-order valence-electron chi connectivity index (χ0n) is 14.9. The van der Waals surface area contributed by atoms with Crippen LogP contribution in [0.15, 0.2) is 48.5 Å². The van der Waals surface area contributed by atoms with Crippen molar-refractivity contribution in [3.8, 4) is 0 Å². The Morgan fingerprint density at radius 2 is 1.96 bits per heavy atom. The minimum atomic E-state index is -0.0444. The molecule has 0 aromatic heterocycles. The lowest BCUT2D eigenvalue weighted by atomic mass is 9.96. The van der Waals surface area contributed by atoms with Gasteiger partial charge in [0.2, 0.25) is 5.91 Å². The van der Waals surface area contributed by atoms with E-state index in [0.29, 0.717) is 11.3 Å². The van der Waals surface area contributed by atoms with E-state index in [1.807, 2.05) is 30.3 Å². The summed E-state index contributed by atoms with van der Waals surface area (Å²) in [7, 11) is 0. The third-order valence-corrected chi connectivity index (χ3v) is 4.98. The van der Waals surface area contributed by atoms with Gasteiger partial charge in [-0.1, -0.05) is 35.9 Å². The highest BCUT2D eigenvalue weighted by molar-refractivity contribution is 6.30. The van der Waals surface area contributed by atoms with Gasteiger partial charge in [0.1, 0.15) is 0 Å². The Labute approximate surface area is 159 Å². The molecule has 1 heterocycles. The van der Waals surface area contributed by atoms with Gasteiger partial charge < -0.3 is 5.32 Å². The first-order chi connectivity index (χ1) is 12.5. The topological polar surface area (TPSA) is 49.4 Å². The lowest BCUT2D eigenvalue weighted by Crippen LogP contribution is -2.40. The van der Waals surface area contributed by atoms with Crippen LogP contribution in [0.1, 0.15) is 35.7 Å². The van der Waals surface area contributed by atoms with Crippen molar-refractivity contribution in [2.24, 2.45) is 5.92 Å². The van der Waals surface area contributed by atoms with Crippen LogP contribution in [0.5, 0.6) is 0 Å². The predicted molar refractivity (Wildman–Crippen MR) is 105 cm³/mol. The second-order valence-corrected chi connectivity index (χ2v) is 7.26. The van der Waals surface area contributed by atoms with Crippen molar-refractivity contribution < 1.29 is 9.59 Å². The Kier molecular flexibility index (Phi) is 6.07. The minimum Gasteiger partial charge on any atom is -0.326 e. The summed E-state index contributed by atoms with van der Waals surface area (Å²) >= 11 is 5.94. The van der Waals surface area contributed by atoms with Crippen LogP contribution in [0.25, 0.3) is 0 Å². The van der Waals surface area contributed by atoms with E-state index in [1.54, 1.807) is 18.2 Å². The molecule has 1 aliphatic rings. The number of Topliss-reactive ketones (excluding diaryl/α,β-unsaturated/α-hetero) is 1. The van der Waals surface area contributed by atoms with E-state index in [2.05, 4.69) is 10.2 Å². The molecule has 1 amide bonds. The third kappa shape index (κ3) is 4.93. The van der Waals surface area contributed by atoms with Crippen molar-refractivity contribution in [3.63, 3.8) is 0 Å². The van der Waals surface area contributed by atoms with Crippen molar-refractivity contribution in [1.82, 2.24) is 4.90 Å². The number of carbonyl (C=O) groups excluding carboxylic acids is 2. The number of hydrogen-bond donors (Lipinski definition) is 1. The molecule has 4 nitrogen and oxygen atoms in total. The van der Waals surface area contributed by atoms with Gasteiger partial charge in [0.05, 0.1) is 5.92 Å². The molecular weight excluding hydrogens is 348 g/mol. The number of likely N-dealkylation sites (tertiary alicyclic amines) is 1. The van der Waals surface area contributed by atoms with Gasteiger partial charge in [-0.15, -0.1) is 0 Å². The van der Waals surface area contributed by atoms with E-state index in [1.165, 1.54) is 12.5 Å². The number of carbonyl (C=O) groups is 2. The highest BCUT2D eigenvalue weighted by Gasteiger charge is 2.26. The van der Waals surface area contributed by atoms with E-state index >= 15 is 0 Å². The Hall–Kier alpha value is -2.17. The zero-order chi connectivity index (χ0) is 18.5. The van der Waals surface area contributed by atoms with Crippen LogP contribution >= 0.6 is 11.6 Å². The van der Waals surface area contributed by atoms with Crippen LogP contribution in [0.2, 0.25) is 5.02 Å². The number of benzene rings is 2. The number of rotatable bonds is 5. The number of anilines is 1. The van der Waals surface area contributed by atoms with Crippen LogP contribution in [0.3, 0.4) is 0 Å². The molecule has 2 aromatic carbocycles. The fourth-order valence-electron chi connectivity index (χ4n) is 3.32. The maximum atomic E-state index is 12.7. The summed E-state index contributed by atoms with van der Waals surface area (Å²) in [5.74, 6) is -0.0311. The van der Waals surface area contributed by atoms with Crippen molar-refractivity contribution in [2.75, 3.05) is 18.4 Å². The highest BCUT2D eigenvalue weighted by Crippen LogP contribution is 2.21. The summed E-state index contributed by atoms with van der Waals surface area (Å²) in [6.07, 6.45) is 1.88. The average Bonchev–Trinajstić information content (AvgIpc) is 2.64. The van der Waals surface area contributed by atoms with E-state index in [4.69, 9.17) is 11.6 Å². The van der Waals surface area contributed by atoms with Gasteiger partial charge in [0.15, 0.2) is 5.78 Å². The smallest absolute Gasteiger partial charge is 0.228 e. The van der Waals surface area contributed by atoms with Gasteiger partial charge in [0.25, 0.3) is 0 Å². The standard InChI is InChI=1S/C21H23ClN2O2/c1-15(25)17-4-2-6-20(12-17)23-21(26)18-5-3-11-24(14-18)13-16-7-9-19(22)10-8-16/h2,4,6-10,12,18H,3,5,11,13-14H2,1H3,(H,23,26)/t18-/m0/s1. The van der Waals surface area contributed by atoms with Crippen molar-refractivity contribution >= 4 is 29.0 Å². The molecule has 1 atom stereocenters. The fraction of sp³-hybridized carbons (Fsp3) is 0.333. The van der Waals surface area contributed by atoms with Crippen molar-refractivity contribution in [3.05, 3.63) is 64.7 Å². The Bertz CT molecular complexity index is 789. The SMILES string of the molecule is CC(=O)c1cccc(NC(=O)[C@H]2CCCN(Cc3ccc(Cl)cc3)C2)c1. The largest absolute Gasteiger partial charge is 0.326 e. The maximum Gasteiger partial charge on any atom is 0.228 e. The number of nitrogens with one attached hydrogen (secondary N) is 1. The first-order valence-electron chi connectivity index (χ1n) is 8.90. The van der Waals surface area contributed by atoms with Crippen molar-refractivity contribution in [2.45, 2.75) is 26.3 Å². The average molecular weight is 371 g/mol. The molecule has 136 valence electrons. The van der Waals surface area contributed by atoms with E-state index in [-0.39, 0.29) is 17.6 Å². The second-order valence-electron chi connectivity index (χ2n) is 6.83. The summed E-state index contributed by atoms with van der Waals surface area (Å²) in [5.41, 5.74) is 2.48. The number of amides is 1. The quantitative estimate of drug-likeness (QED) is 0.794. The number of nitrogens with zero attached hydrogens (tertiary/aromatic N) is 1. The van der Waals surface area contributed by atoms with Gasteiger partial charge >= 0.3 is 0 Å². The van der Waals surface area contributed by atoms with Crippen LogP contribution in [0, 0.1) is 5.92 Å². The molecule has 0 bridgehead atoms. The Balaban J connectivity index is 1.60. The Morgan fingerprint density at radius 1 is 1.19 bits per heavy atom. The van der Waals surface area contributed by atoms with Gasteiger partial charge in [-0.2, -0.15) is 0 Å². The van der Waals surface area contributed by atoms with Gasteiger partial charge in [-0.25, -0.2) is 0 Å². The number of ketones is 1. The lowest BCUT2D eigenvalue weighted by Gasteiger charge is -2.32. The highest BCUT2D eigenvalue weighted by atomic mass is 35.5. The number of halogens is 1. The minimum absolute atomic E-state index is 0.00657. The van der Waals surface area contributed by atoms with Gasteiger partial charge in [0, 0.05) is 29.4 Å². The van der Waals surface area contributed by atoms with Crippen LogP contribution in [-0.2, 0) is 11.3 Å². The first kappa shape index (κ1) is 18.6. The number of hydrogen-bond acceptors (Lipinski definition) is 3. The van der Waals surface area contributed by atoms with Crippen molar-refractivity contribution in [1.29, 1.82) is 0 Å². The fourth-order valence-corrected chi connectivity index (χ4v) is 3.45. The molecule has 26 heavy (non-hydrogen) atoms. The van der Waals surface area contributed by atoms with E-state index in [0.717, 1.165) is 37.5 Å². The number of piperidine rings is 1.